The topological polar surface area (TPSA) is 60.2 Å². The minimum absolute atomic E-state index is 0.117. The monoisotopic (exact) mass is 326 g/mol. The maximum Gasteiger partial charge on any atom is 0.226 e. The van der Waals surface area contributed by atoms with Gasteiger partial charge in [-0.2, -0.15) is 5.10 Å². The Bertz CT molecular complexity index is 716. The van der Waals surface area contributed by atoms with Crippen LogP contribution in [0.25, 0.3) is 0 Å². The summed E-state index contributed by atoms with van der Waals surface area (Å²) in [7, 11) is 1.67. The fraction of sp³-hybridized carbons (Fsp3) is 0.500. The molecule has 6 heteroatoms. The van der Waals surface area contributed by atoms with Crippen LogP contribution >= 0.6 is 0 Å². The Hall–Kier alpha value is -2.37. The molecule has 1 amide bonds. The van der Waals surface area contributed by atoms with Gasteiger partial charge in [-0.3, -0.25) is 4.79 Å². The quantitative estimate of drug-likeness (QED) is 0.865. The molecule has 2 aromatic rings. The van der Waals surface area contributed by atoms with Crippen molar-refractivity contribution in [2.45, 2.75) is 31.2 Å². The van der Waals surface area contributed by atoms with Crippen LogP contribution in [0, 0.1) is 5.92 Å². The number of piperidine rings is 1. The molecule has 0 N–H and O–H groups in total. The standard InChI is InChI=1S/C18H22N4O2/c1-24-15-6-2-4-13(8-15)16-9-17(16)18(23)21-7-3-5-14(10-21)22-12-19-11-20-22/h2,4,6,8,11-12,14,16-17H,3,5,7,9-10H2,1H3/t14-,16+,17-/m1/s1. The van der Waals surface area contributed by atoms with Gasteiger partial charge in [-0.05, 0) is 42.9 Å². The van der Waals surface area contributed by atoms with Crippen LogP contribution < -0.4 is 4.74 Å². The molecule has 1 saturated carbocycles. The number of carbonyl (C=O) groups excluding carboxylic acids is 1. The van der Waals surface area contributed by atoms with Crippen molar-refractivity contribution in [3.8, 4) is 5.75 Å². The molecule has 24 heavy (non-hydrogen) atoms. The van der Waals surface area contributed by atoms with Crippen molar-refractivity contribution in [2.24, 2.45) is 5.92 Å². The highest BCUT2D eigenvalue weighted by molar-refractivity contribution is 5.83. The number of nitrogens with zero attached hydrogens (tertiary/aromatic N) is 4. The summed E-state index contributed by atoms with van der Waals surface area (Å²) >= 11 is 0. The number of ether oxygens (including phenoxy) is 1. The third-order valence-electron chi connectivity index (χ3n) is 5.15. The number of amides is 1. The molecule has 2 aliphatic rings. The molecule has 1 saturated heterocycles. The highest BCUT2D eigenvalue weighted by atomic mass is 16.5. The largest absolute Gasteiger partial charge is 0.497 e. The average Bonchev–Trinajstić information content (AvgIpc) is 3.25. The van der Waals surface area contributed by atoms with Gasteiger partial charge < -0.3 is 9.64 Å². The molecule has 126 valence electrons. The van der Waals surface area contributed by atoms with Crippen LogP contribution in [0.4, 0.5) is 0 Å². The zero-order valence-corrected chi connectivity index (χ0v) is 13.8. The molecule has 0 radical (unpaired) electrons. The number of carbonyl (C=O) groups is 1. The molecule has 1 aliphatic carbocycles. The van der Waals surface area contributed by atoms with Crippen molar-refractivity contribution >= 4 is 5.91 Å². The van der Waals surface area contributed by atoms with Gasteiger partial charge in [0, 0.05) is 19.0 Å². The number of hydrogen-bond acceptors (Lipinski definition) is 4. The zero-order valence-electron chi connectivity index (χ0n) is 13.8. The number of aromatic nitrogens is 3. The van der Waals surface area contributed by atoms with E-state index in [0.29, 0.717) is 5.92 Å². The first-order chi connectivity index (χ1) is 11.8. The van der Waals surface area contributed by atoms with Crippen molar-refractivity contribution in [1.82, 2.24) is 19.7 Å². The Labute approximate surface area is 141 Å². The molecule has 1 aliphatic heterocycles. The number of benzene rings is 1. The summed E-state index contributed by atoms with van der Waals surface area (Å²) in [5, 5.41) is 4.23. The normalized spacial score (nSPS) is 26.2. The van der Waals surface area contributed by atoms with E-state index in [0.717, 1.165) is 38.1 Å². The van der Waals surface area contributed by atoms with Crippen molar-refractivity contribution in [1.29, 1.82) is 0 Å². The Kier molecular flexibility index (Phi) is 3.96. The first kappa shape index (κ1) is 15.2. The molecule has 3 atom stereocenters. The van der Waals surface area contributed by atoms with Crippen LogP contribution in [0.1, 0.15) is 36.8 Å². The van der Waals surface area contributed by atoms with Crippen LogP contribution in [0.15, 0.2) is 36.9 Å². The predicted molar refractivity (Wildman–Crippen MR) is 88.7 cm³/mol. The van der Waals surface area contributed by atoms with Gasteiger partial charge in [0.25, 0.3) is 0 Å². The minimum Gasteiger partial charge on any atom is -0.497 e. The summed E-state index contributed by atoms with van der Waals surface area (Å²) in [6.07, 6.45) is 6.32. The molecule has 1 aromatic heterocycles. The predicted octanol–water partition coefficient (Wildman–Crippen LogP) is 2.25. The Morgan fingerprint density at radius 3 is 3.08 bits per heavy atom. The van der Waals surface area contributed by atoms with Crippen LogP contribution in [0.3, 0.4) is 0 Å². The summed E-state index contributed by atoms with van der Waals surface area (Å²) in [6.45, 7) is 1.59. The molecule has 0 unspecified atom stereocenters. The van der Waals surface area contributed by atoms with E-state index < -0.39 is 0 Å². The van der Waals surface area contributed by atoms with E-state index >= 15 is 0 Å². The van der Waals surface area contributed by atoms with Crippen molar-refractivity contribution in [3.05, 3.63) is 42.5 Å². The zero-order chi connectivity index (χ0) is 16.5. The molecule has 4 rings (SSSR count). The smallest absolute Gasteiger partial charge is 0.226 e. The van der Waals surface area contributed by atoms with E-state index in [1.54, 1.807) is 19.8 Å². The van der Waals surface area contributed by atoms with Crippen LogP contribution in [0.5, 0.6) is 5.75 Å². The van der Waals surface area contributed by atoms with E-state index in [1.807, 2.05) is 27.8 Å². The second-order valence-corrected chi connectivity index (χ2v) is 6.68. The van der Waals surface area contributed by atoms with E-state index in [-0.39, 0.29) is 17.9 Å². The first-order valence-electron chi connectivity index (χ1n) is 8.53. The van der Waals surface area contributed by atoms with Crippen molar-refractivity contribution in [3.63, 3.8) is 0 Å². The van der Waals surface area contributed by atoms with Gasteiger partial charge in [-0.25, -0.2) is 9.67 Å². The number of rotatable bonds is 4. The molecule has 0 spiro atoms. The minimum atomic E-state index is 0.117. The average molecular weight is 326 g/mol. The molecule has 1 aromatic carbocycles. The van der Waals surface area contributed by atoms with E-state index in [9.17, 15) is 4.79 Å². The summed E-state index contributed by atoms with van der Waals surface area (Å²) in [5.41, 5.74) is 1.21. The van der Waals surface area contributed by atoms with Crippen LogP contribution in [-0.2, 0) is 4.79 Å². The lowest BCUT2D eigenvalue weighted by atomic mass is 10.0. The van der Waals surface area contributed by atoms with Gasteiger partial charge in [0.1, 0.15) is 18.4 Å². The summed E-state index contributed by atoms with van der Waals surface area (Å²) in [5.74, 6) is 1.59. The lowest BCUT2D eigenvalue weighted by Gasteiger charge is -2.32. The fourth-order valence-corrected chi connectivity index (χ4v) is 3.72. The van der Waals surface area contributed by atoms with Gasteiger partial charge in [0.2, 0.25) is 5.91 Å². The third-order valence-corrected chi connectivity index (χ3v) is 5.15. The SMILES string of the molecule is COc1cccc([C@@H]2C[C@H]2C(=O)N2CCC[C@@H](n3cncn3)C2)c1. The van der Waals surface area contributed by atoms with Crippen LogP contribution in [-0.4, -0.2) is 45.8 Å². The maximum absolute atomic E-state index is 12.9. The van der Waals surface area contributed by atoms with Gasteiger partial charge in [-0.15, -0.1) is 0 Å². The molecule has 2 fully saturated rings. The second kappa shape index (κ2) is 6.26. The van der Waals surface area contributed by atoms with E-state index in [4.69, 9.17) is 4.74 Å². The molecule has 0 bridgehead atoms. The van der Waals surface area contributed by atoms with Gasteiger partial charge in [-0.1, -0.05) is 12.1 Å². The summed E-state index contributed by atoms with van der Waals surface area (Å²) in [4.78, 5) is 18.9. The molecule has 2 heterocycles. The van der Waals surface area contributed by atoms with Crippen LogP contribution in [0.2, 0.25) is 0 Å². The highest BCUT2D eigenvalue weighted by Gasteiger charge is 2.46. The van der Waals surface area contributed by atoms with Crippen molar-refractivity contribution < 1.29 is 9.53 Å². The Morgan fingerprint density at radius 1 is 1.38 bits per heavy atom. The molecular formula is C18H22N4O2. The van der Waals surface area contributed by atoms with Crippen molar-refractivity contribution in [2.75, 3.05) is 20.2 Å². The molecular weight excluding hydrogens is 304 g/mol. The maximum atomic E-state index is 12.9. The number of likely N-dealkylation sites (tertiary alicyclic amines) is 1. The third kappa shape index (κ3) is 2.88. The highest BCUT2D eigenvalue weighted by Crippen LogP contribution is 2.49. The Balaban J connectivity index is 1.41. The van der Waals surface area contributed by atoms with Gasteiger partial charge in [0.05, 0.1) is 13.2 Å². The number of methoxy groups -OCH3 is 1. The second-order valence-electron chi connectivity index (χ2n) is 6.68. The fourth-order valence-electron chi connectivity index (χ4n) is 3.72. The van der Waals surface area contributed by atoms with Gasteiger partial charge >= 0.3 is 0 Å². The van der Waals surface area contributed by atoms with Gasteiger partial charge in [0.15, 0.2) is 0 Å². The van der Waals surface area contributed by atoms with E-state index in [2.05, 4.69) is 16.1 Å². The Morgan fingerprint density at radius 2 is 2.29 bits per heavy atom. The summed E-state index contributed by atoms with van der Waals surface area (Å²) < 4.78 is 7.17. The van der Waals surface area contributed by atoms with E-state index in [1.165, 1.54) is 5.56 Å². The lowest BCUT2D eigenvalue weighted by Crippen LogP contribution is -2.41. The lowest BCUT2D eigenvalue weighted by molar-refractivity contribution is -0.134. The number of hydrogen-bond donors (Lipinski definition) is 0. The summed E-state index contributed by atoms with van der Waals surface area (Å²) in [6, 6.07) is 8.33. The molecule has 6 nitrogen and oxygen atoms in total. The first-order valence-corrected chi connectivity index (χ1v) is 8.53.